The molecule has 0 fully saturated rings. The van der Waals surface area contributed by atoms with Gasteiger partial charge in [-0.15, -0.1) is 11.8 Å². The zero-order valence-electron chi connectivity index (χ0n) is 16.5. The predicted octanol–water partition coefficient (Wildman–Crippen LogP) is 3.11. The predicted molar refractivity (Wildman–Crippen MR) is 112 cm³/mol. The molecule has 0 aliphatic carbocycles. The Hall–Kier alpha value is -3.00. The van der Waals surface area contributed by atoms with Crippen LogP contribution in [0.2, 0.25) is 0 Å². The van der Waals surface area contributed by atoms with Crippen LogP contribution in [0.15, 0.2) is 42.5 Å². The Balaban J connectivity index is 1.73. The van der Waals surface area contributed by atoms with Gasteiger partial charge in [-0.1, -0.05) is 17.7 Å². The Morgan fingerprint density at radius 3 is 2.34 bits per heavy atom. The van der Waals surface area contributed by atoms with Crippen molar-refractivity contribution in [3.63, 3.8) is 0 Å². The molecule has 1 N–H and O–H groups in total. The molecule has 1 amide bonds. The molecule has 2 aromatic rings. The van der Waals surface area contributed by atoms with Crippen molar-refractivity contribution >= 4 is 35.1 Å². The summed E-state index contributed by atoms with van der Waals surface area (Å²) in [6.07, 6.45) is 0. The Morgan fingerprint density at radius 1 is 0.966 bits per heavy atom. The number of hydrogen-bond acceptors (Lipinski definition) is 7. The highest BCUT2D eigenvalue weighted by Crippen LogP contribution is 2.25. The van der Waals surface area contributed by atoms with Gasteiger partial charge in [0.1, 0.15) is 11.5 Å². The first-order chi connectivity index (χ1) is 13.9. The summed E-state index contributed by atoms with van der Waals surface area (Å²) in [5.74, 6) is -0.217. The van der Waals surface area contributed by atoms with Crippen LogP contribution in [0, 0.1) is 6.92 Å². The zero-order valence-corrected chi connectivity index (χ0v) is 17.3. The molecule has 0 saturated carbocycles. The third kappa shape index (κ3) is 7.15. The topological polar surface area (TPSA) is 90.9 Å². The van der Waals surface area contributed by atoms with Gasteiger partial charge < -0.3 is 19.5 Å². The SMILES string of the molecule is COc1ccc(C(=O)COC(=O)CSCC(=O)Nc2ccc(C)cc2)c(OC)c1. The van der Waals surface area contributed by atoms with Crippen molar-refractivity contribution in [1.29, 1.82) is 0 Å². The summed E-state index contributed by atoms with van der Waals surface area (Å²) < 4.78 is 15.3. The van der Waals surface area contributed by atoms with Crippen LogP contribution >= 0.6 is 11.8 Å². The summed E-state index contributed by atoms with van der Waals surface area (Å²) in [5.41, 5.74) is 2.09. The number of esters is 1. The highest BCUT2D eigenvalue weighted by molar-refractivity contribution is 8.00. The van der Waals surface area contributed by atoms with Gasteiger partial charge in [-0.3, -0.25) is 14.4 Å². The largest absolute Gasteiger partial charge is 0.497 e. The molecule has 2 aromatic carbocycles. The number of carbonyl (C=O) groups is 3. The van der Waals surface area contributed by atoms with Crippen molar-refractivity contribution in [2.45, 2.75) is 6.92 Å². The van der Waals surface area contributed by atoms with Crippen molar-refractivity contribution in [2.75, 3.05) is 37.6 Å². The van der Waals surface area contributed by atoms with Crippen molar-refractivity contribution < 1.29 is 28.6 Å². The van der Waals surface area contributed by atoms with Gasteiger partial charge in [-0.2, -0.15) is 0 Å². The van der Waals surface area contributed by atoms with E-state index in [1.54, 1.807) is 18.2 Å². The summed E-state index contributed by atoms with van der Waals surface area (Å²) in [5, 5.41) is 2.75. The number of anilines is 1. The highest BCUT2D eigenvalue weighted by atomic mass is 32.2. The van der Waals surface area contributed by atoms with Crippen LogP contribution in [0.4, 0.5) is 5.69 Å². The highest BCUT2D eigenvalue weighted by Gasteiger charge is 2.16. The Morgan fingerprint density at radius 2 is 1.69 bits per heavy atom. The molecule has 7 nitrogen and oxygen atoms in total. The average molecular weight is 417 g/mol. The first-order valence-electron chi connectivity index (χ1n) is 8.78. The standard InChI is InChI=1S/C21H23NO6S/c1-14-4-6-15(7-5-14)22-20(24)12-29-13-21(25)28-11-18(23)17-9-8-16(26-2)10-19(17)27-3/h4-10H,11-13H2,1-3H3,(H,22,24). The smallest absolute Gasteiger partial charge is 0.316 e. The number of nitrogens with one attached hydrogen (secondary N) is 1. The van der Waals surface area contributed by atoms with Crippen molar-refractivity contribution in [2.24, 2.45) is 0 Å². The van der Waals surface area contributed by atoms with Crippen molar-refractivity contribution in [3.8, 4) is 11.5 Å². The van der Waals surface area contributed by atoms with Crippen molar-refractivity contribution in [3.05, 3.63) is 53.6 Å². The maximum atomic E-state index is 12.3. The van der Waals surface area contributed by atoms with E-state index in [0.717, 1.165) is 17.3 Å². The second-order valence-electron chi connectivity index (χ2n) is 6.06. The monoisotopic (exact) mass is 417 g/mol. The van der Waals surface area contributed by atoms with Gasteiger partial charge in [0.05, 0.1) is 31.3 Å². The molecule has 0 saturated heterocycles. The molecule has 0 aromatic heterocycles. The third-order valence-corrected chi connectivity index (χ3v) is 4.77. The molecular weight excluding hydrogens is 394 g/mol. The average Bonchev–Trinajstić information content (AvgIpc) is 2.73. The van der Waals surface area contributed by atoms with E-state index < -0.39 is 12.6 Å². The van der Waals surface area contributed by atoms with E-state index in [2.05, 4.69) is 5.32 Å². The van der Waals surface area contributed by atoms with Crippen molar-refractivity contribution in [1.82, 2.24) is 0 Å². The number of amides is 1. The van der Waals surface area contributed by atoms with E-state index in [4.69, 9.17) is 14.2 Å². The van der Waals surface area contributed by atoms with E-state index in [1.165, 1.54) is 14.2 Å². The fraction of sp³-hybridized carbons (Fsp3) is 0.286. The number of hydrogen-bond donors (Lipinski definition) is 1. The Kier molecular flexibility index (Phi) is 8.54. The molecule has 0 bridgehead atoms. The molecule has 0 aliphatic heterocycles. The number of methoxy groups -OCH3 is 2. The number of ketones is 1. The van der Waals surface area contributed by atoms with Gasteiger partial charge >= 0.3 is 5.97 Å². The number of benzene rings is 2. The van der Waals surface area contributed by atoms with Gasteiger partial charge in [0.15, 0.2) is 6.61 Å². The minimum absolute atomic E-state index is 0.0334. The maximum absolute atomic E-state index is 12.3. The molecule has 2 rings (SSSR count). The van der Waals surface area contributed by atoms with Gasteiger partial charge in [0.2, 0.25) is 11.7 Å². The third-order valence-electron chi connectivity index (χ3n) is 3.86. The Bertz CT molecular complexity index is 866. The van der Waals surface area contributed by atoms with Crippen LogP contribution < -0.4 is 14.8 Å². The molecule has 0 atom stereocenters. The number of rotatable bonds is 10. The van der Waals surface area contributed by atoms with E-state index in [0.29, 0.717) is 22.7 Å². The molecule has 29 heavy (non-hydrogen) atoms. The first kappa shape index (κ1) is 22.3. The molecule has 154 valence electrons. The van der Waals surface area contributed by atoms with Gasteiger partial charge in [-0.05, 0) is 31.2 Å². The minimum Gasteiger partial charge on any atom is -0.497 e. The normalized spacial score (nSPS) is 10.2. The fourth-order valence-corrected chi connectivity index (χ4v) is 2.96. The minimum atomic E-state index is -0.570. The van der Waals surface area contributed by atoms with E-state index in [-0.39, 0.29) is 23.2 Å². The van der Waals surface area contributed by atoms with Crippen LogP contribution in [0.5, 0.6) is 11.5 Å². The fourth-order valence-electron chi connectivity index (χ4n) is 2.36. The van der Waals surface area contributed by atoms with Crippen LogP contribution in [-0.2, 0) is 14.3 Å². The van der Waals surface area contributed by atoms with Crippen LogP contribution in [0.1, 0.15) is 15.9 Å². The number of carbonyl (C=O) groups excluding carboxylic acids is 3. The molecule has 0 aliphatic rings. The summed E-state index contributed by atoms with van der Waals surface area (Å²) in [6, 6.07) is 12.2. The van der Waals surface area contributed by atoms with Gasteiger partial charge in [-0.25, -0.2) is 0 Å². The summed E-state index contributed by atoms with van der Waals surface area (Å²) in [7, 11) is 2.95. The van der Waals surface area contributed by atoms with E-state index in [1.807, 2.05) is 31.2 Å². The quantitative estimate of drug-likeness (QED) is 0.469. The van der Waals surface area contributed by atoms with E-state index >= 15 is 0 Å². The lowest BCUT2D eigenvalue weighted by Gasteiger charge is -2.10. The number of ether oxygens (including phenoxy) is 3. The van der Waals surface area contributed by atoms with Crippen LogP contribution in [0.3, 0.4) is 0 Å². The molecule has 0 unspecified atom stereocenters. The molecule has 0 heterocycles. The molecule has 8 heteroatoms. The zero-order chi connectivity index (χ0) is 21.2. The number of Topliss-reactive ketones (excluding diaryl/α,β-unsaturated/α-hetero) is 1. The molecule has 0 radical (unpaired) electrons. The summed E-state index contributed by atoms with van der Waals surface area (Å²) in [6.45, 7) is 1.56. The molecular formula is C21H23NO6S. The lowest BCUT2D eigenvalue weighted by Crippen LogP contribution is -2.18. The van der Waals surface area contributed by atoms with E-state index in [9.17, 15) is 14.4 Å². The second kappa shape index (κ2) is 11.1. The van der Waals surface area contributed by atoms with Gasteiger partial charge in [0, 0.05) is 11.8 Å². The lowest BCUT2D eigenvalue weighted by molar-refractivity contribution is -0.139. The number of thioether (sulfide) groups is 1. The maximum Gasteiger partial charge on any atom is 0.316 e. The second-order valence-corrected chi connectivity index (χ2v) is 7.04. The van der Waals surface area contributed by atoms with Crippen LogP contribution in [-0.4, -0.2) is 50.0 Å². The first-order valence-corrected chi connectivity index (χ1v) is 9.93. The summed E-state index contributed by atoms with van der Waals surface area (Å²) in [4.78, 5) is 36.0. The Labute approximate surface area is 173 Å². The number of aryl methyl sites for hydroxylation is 1. The van der Waals surface area contributed by atoms with Gasteiger partial charge in [0.25, 0.3) is 0 Å². The molecule has 0 spiro atoms. The lowest BCUT2D eigenvalue weighted by atomic mass is 10.1. The van der Waals surface area contributed by atoms with Crippen LogP contribution in [0.25, 0.3) is 0 Å². The summed E-state index contributed by atoms with van der Waals surface area (Å²) >= 11 is 1.11.